The van der Waals surface area contributed by atoms with Crippen LogP contribution in [0.5, 0.6) is 0 Å². The van der Waals surface area contributed by atoms with Gasteiger partial charge in [0.15, 0.2) is 5.76 Å². The summed E-state index contributed by atoms with van der Waals surface area (Å²) in [5, 5.41) is 14.1. The lowest BCUT2D eigenvalue weighted by atomic mass is 9.92. The SMILES string of the molecule is CC(C)C(C)(O)CNC(=O)c1cc2cc(Cl)ccc2o1. The zero-order valence-corrected chi connectivity index (χ0v) is 12.5. The molecular weight excluding hydrogens is 278 g/mol. The molecule has 1 atom stereocenters. The molecule has 5 heteroatoms. The Balaban J connectivity index is 2.12. The number of hydrogen-bond acceptors (Lipinski definition) is 3. The number of fused-ring (bicyclic) bond motifs is 1. The zero-order valence-electron chi connectivity index (χ0n) is 11.7. The van der Waals surface area contributed by atoms with Gasteiger partial charge in [0.25, 0.3) is 5.91 Å². The Morgan fingerprint density at radius 2 is 2.15 bits per heavy atom. The number of benzene rings is 1. The van der Waals surface area contributed by atoms with Crippen LogP contribution in [0.25, 0.3) is 11.0 Å². The largest absolute Gasteiger partial charge is 0.451 e. The molecule has 1 aromatic heterocycles. The third kappa shape index (κ3) is 3.14. The van der Waals surface area contributed by atoms with Gasteiger partial charge in [-0.1, -0.05) is 25.4 Å². The number of carbonyl (C=O) groups is 1. The molecule has 0 spiro atoms. The molecule has 108 valence electrons. The number of nitrogens with one attached hydrogen (secondary N) is 1. The highest BCUT2D eigenvalue weighted by atomic mass is 35.5. The van der Waals surface area contributed by atoms with E-state index < -0.39 is 5.60 Å². The van der Waals surface area contributed by atoms with Crippen LogP contribution >= 0.6 is 11.6 Å². The van der Waals surface area contributed by atoms with E-state index in [2.05, 4.69) is 5.32 Å². The van der Waals surface area contributed by atoms with Gasteiger partial charge >= 0.3 is 0 Å². The molecule has 0 aliphatic heterocycles. The van der Waals surface area contributed by atoms with E-state index in [1.807, 2.05) is 13.8 Å². The quantitative estimate of drug-likeness (QED) is 0.910. The number of hydrogen-bond donors (Lipinski definition) is 2. The van der Waals surface area contributed by atoms with E-state index >= 15 is 0 Å². The van der Waals surface area contributed by atoms with Gasteiger partial charge in [0, 0.05) is 17.0 Å². The molecule has 1 aromatic carbocycles. The molecule has 2 aromatic rings. The summed E-state index contributed by atoms with van der Waals surface area (Å²) in [6.45, 7) is 5.66. The van der Waals surface area contributed by atoms with Gasteiger partial charge in [0.05, 0.1) is 5.60 Å². The highest BCUT2D eigenvalue weighted by Crippen LogP contribution is 2.23. The van der Waals surface area contributed by atoms with Crippen molar-refractivity contribution in [2.45, 2.75) is 26.4 Å². The van der Waals surface area contributed by atoms with Crippen LogP contribution in [0.1, 0.15) is 31.3 Å². The highest BCUT2D eigenvalue weighted by molar-refractivity contribution is 6.31. The monoisotopic (exact) mass is 295 g/mol. The van der Waals surface area contributed by atoms with Crippen LogP contribution in [0.2, 0.25) is 5.02 Å². The fraction of sp³-hybridized carbons (Fsp3) is 0.400. The topological polar surface area (TPSA) is 62.5 Å². The molecule has 0 aliphatic carbocycles. The summed E-state index contributed by atoms with van der Waals surface area (Å²) in [6.07, 6.45) is 0. The number of carbonyl (C=O) groups excluding carboxylic acids is 1. The molecule has 1 amide bonds. The first kappa shape index (κ1) is 14.9. The Morgan fingerprint density at radius 3 is 2.80 bits per heavy atom. The van der Waals surface area contributed by atoms with Crippen molar-refractivity contribution < 1.29 is 14.3 Å². The number of amides is 1. The second kappa shape index (κ2) is 5.46. The molecule has 20 heavy (non-hydrogen) atoms. The fourth-order valence-electron chi connectivity index (χ4n) is 1.68. The lowest BCUT2D eigenvalue weighted by molar-refractivity contribution is 0.0140. The number of furan rings is 1. The summed E-state index contributed by atoms with van der Waals surface area (Å²) in [7, 11) is 0. The van der Waals surface area contributed by atoms with Gasteiger partial charge in [-0.25, -0.2) is 0 Å². The molecule has 0 saturated carbocycles. The van der Waals surface area contributed by atoms with E-state index in [4.69, 9.17) is 16.0 Å². The van der Waals surface area contributed by atoms with Crippen LogP contribution in [0.3, 0.4) is 0 Å². The van der Waals surface area contributed by atoms with Crippen molar-refractivity contribution in [3.8, 4) is 0 Å². The molecule has 0 bridgehead atoms. The third-order valence-electron chi connectivity index (χ3n) is 3.55. The normalized spacial score (nSPS) is 14.5. The van der Waals surface area contributed by atoms with Gasteiger partial charge in [0.1, 0.15) is 5.58 Å². The van der Waals surface area contributed by atoms with Crippen molar-refractivity contribution in [3.05, 3.63) is 35.0 Å². The average Bonchev–Trinajstić information content (AvgIpc) is 2.78. The molecule has 2 N–H and O–H groups in total. The van der Waals surface area contributed by atoms with Gasteiger partial charge in [-0.3, -0.25) is 4.79 Å². The maximum Gasteiger partial charge on any atom is 0.287 e. The van der Waals surface area contributed by atoms with Crippen LogP contribution < -0.4 is 5.32 Å². The molecule has 1 heterocycles. The minimum atomic E-state index is -0.953. The molecule has 0 aliphatic rings. The summed E-state index contributed by atoms with van der Waals surface area (Å²) in [5.41, 5.74) is -0.347. The number of rotatable bonds is 4. The average molecular weight is 296 g/mol. The van der Waals surface area contributed by atoms with Gasteiger partial charge in [-0.05, 0) is 37.1 Å². The van der Waals surface area contributed by atoms with Crippen molar-refractivity contribution in [1.29, 1.82) is 0 Å². The Labute approximate surface area is 122 Å². The molecule has 4 nitrogen and oxygen atoms in total. The summed E-state index contributed by atoms with van der Waals surface area (Å²) in [6, 6.07) is 6.80. The first-order valence-corrected chi connectivity index (χ1v) is 6.87. The van der Waals surface area contributed by atoms with Gasteiger partial charge in [-0.2, -0.15) is 0 Å². The van der Waals surface area contributed by atoms with Crippen molar-refractivity contribution in [2.24, 2.45) is 5.92 Å². The maximum absolute atomic E-state index is 12.0. The first-order chi connectivity index (χ1) is 9.29. The van der Waals surface area contributed by atoms with Crippen molar-refractivity contribution in [3.63, 3.8) is 0 Å². The molecule has 0 radical (unpaired) electrons. The van der Waals surface area contributed by atoms with E-state index in [1.54, 1.807) is 31.2 Å². The van der Waals surface area contributed by atoms with Gasteiger partial charge in [-0.15, -0.1) is 0 Å². The van der Waals surface area contributed by atoms with Crippen LogP contribution in [-0.4, -0.2) is 23.2 Å². The van der Waals surface area contributed by atoms with E-state index in [0.29, 0.717) is 10.6 Å². The fourth-order valence-corrected chi connectivity index (χ4v) is 1.86. The van der Waals surface area contributed by atoms with Crippen molar-refractivity contribution >= 4 is 28.5 Å². The van der Waals surface area contributed by atoms with Crippen LogP contribution in [0, 0.1) is 5.92 Å². The lowest BCUT2D eigenvalue weighted by Crippen LogP contribution is -2.44. The Morgan fingerprint density at radius 1 is 1.45 bits per heavy atom. The molecule has 2 rings (SSSR count). The summed E-state index contributed by atoms with van der Waals surface area (Å²) < 4.78 is 5.46. The van der Waals surface area contributed by atoms with Crippen LogP contribution in [0.4, 0.5) is 0 Å². The summed E-state index contributed by atoms with van der Waals surface area (Å²) in [5.74, 6) is -0.0997. The Kier molecular flexibility index (Phi) is 4.06. The third-order valence-corrected chi connectivity index (χ3v) is 3.79. The maximum atomic E-state index is 12.0. The molecule has 0 fully saturated rings. The standard InChI is InChI=1S/C15H18ClNO3/c1-9(2)15(3,19)8-17-14(18)13-7-10-6-11(16)4-5-12(10)20-13/h4-7,9,19H,8H2,1-3H3,(H,17,18). The molecule has 1 unspecified atom stereocenters. The van der Waals surface area contributed by atoms with E-state index in [-0.39, 0.29) is 24.1 Å². The minimum Gasteiger partial charge on any atom is -0.451 e. The summed E-state index contributed by atoms with van der Waals surface area (Å²) >= 11 is 5.89. The second-order valence-electron chi connectivity index (χ2n) is 5.49. The first-order valence-electron chi connectivity index (χ1n) is 6.49. The molecule has 0 saturated heterocycles. The van der Waals surface area contributed by atoms with E-state index in [1.165, 1.54) is 0 Å². The van der Waals surface area contributed by atoms with Crippen molar-refractivity contribution in [1.82, 2.24) is 5.32 Å². The summed E-state index contributed by atoms with van der Waals surface area (Å²) in [4.78, 5) is 12.0. The minimum absolute atomic E-state index is 0.0391. The van der Waals surface area contributed by atoms with Crippen LogP contribution in [-0.2, 0) is 0 Å². The predicted octanol–water partition coefficient (Wildman–Crippen LogP) is 3.22. The number of halogens is 1. The molecular formula is C15H18ClNO3. The number of aliphatic hydroxyl groups is 1. The van der Waals surface area contributed by atoms with Gasteiger partial charge < -0.3 is 14.8 Å². The van der Waals surface area contributed by atoms with E-state index in [9.17, 15) is 9.90 Å². The van der Waals surface area contributed by atoms with E-state index in [0.717, 1.165) is 5.39 Å². The zero-order chi connectivity index (χ0) is 14.9. The smallest absolute Gasteiger partial charge is 0.287 e. The van der Waals surface area contributed by atoms with Gasteiger partial charge in [0.2, 0.25) is 0 Å². The van der Waals surface area contributed by atoms with Crippen molar-refractivity contribution in [2.75, 3.05) is 6.54 Å². The second-order valence-corrected chi connectivity index (χ2v) is 5.92. The highest BCUT2D eigenvalue weighted by Gasteiger charge is 2.26. The Hall–Kier alpha value is -1.52. The Bertz CT molecular complexity index is 631. The predicted molar refractivity (Wildman–Crippen MR) is 79.0 cm³/mol. The lowest BCUT2D eigenvalue weighted by Gasteiger charge is -2.27. The van der Waals surface area contributed by atoms with Crippen LogP contribution in [0.15, 0.2) is 28.7 Å².